The predicted molar refractivity (Wildman–Crippen MR) is 69.2 cm³/mol. The van der Waals surface area contributed by atoms with Crippen molar-refractivity contribution in [2.45, 2.75) is 37.8 Å². The van der Waals surface area contributed by atoms with E-state index >= 15 is 0 Å². The fourth-order valence-electron chi connectivity index (χ4n) is 2.66. The molecule has 1 heterocycles. The first-order valence-corrected chi connectivity index (χ1v) is 6.54. The van der Waals surface area contributed by atoms with Crippen LogP contribution in [0.4, 0.5) is 5.69 Å². The molecule has 0 atom stereocenters. The highest BCUT2D eigenvalue weighted by Crippen LogP contribution is 2.35. The monoisotopic (exact) mass is 249 g/mol. The van der Waals surface area contributed by atoms with E-state index < -0.39 is 0 Å². The number of fused-ring (bicyclic) bond motifs is 1. The molecule has 1 aliphatic carbocycles. The van der Waals surface area contributed by atoms with Crippen LogP contribution in [-0.4, -0.2) is 26.0 Å². The summed E-state index contributed by atoms with van der Waals surface area (Å²) in [4.78, 5) is 0. The van der Waals surface area contributed by atoms with Crippen LogP contribution in [0.25, 0.3) is 0 Å². The lowest BCUT2D eigenvalue weighted by atomic mass is 9.93. The smallest absolute Gasteiger partial charge is 0.231 e. The quantitative estimate of drug-likeness (QED) is 0.894. The number of hydrogen-bond donors (Lipinski definition) is 1. The second-order valence-corrected chi connectivity index (χ2v) is 4.92. The molecule has 1 aromatic rings. The third kappa shape index (κ3) is 2.38. The molecular formula is C14H19NO3. The van der Waals surface area contributed by atoms with Crippen LogP contribution in [-0.2, 0) is 4.74 Å². The summed E-state index contributed by atoms with van der Waals surface area (Å²) >= 11 is 0. The van der Waals surface area contributed by atoms with Gasteiger partial charge in [-0.25, -0.2) is 0 Å². The molecule has 1 saturated carbocycles. The average molecular weight is 249 g/mol. The third-order valence-corrected chi connectivity index (χ3v) is 3.75. The van der Waals surface area contributed by atoms with Crippen molar-refractivity contribution in [2.75, 3.05) is 19.2 Å². The minimum Gasteiger partial charge on any atom is -0.454 e. The second-order valence-electron chi connectivity index (χ2n) is 4.92. The molecule has 0 saturated heterocycles. The van der Waals surface area contributed by atoms with Crippen LogP contribution in [0.3, 0.4) is 0 Å². The Hall–Kier alpha value is -1.42. The van der Waals surface area contributed by atoms with Gasteiger partial charge in [0, 0.05) is 24.9 Å². The molecule has 0 amide bonds. The first-order chi connectivity index (χ1) is 8.85. The normalized spacial score (nSPS) is 26.1. The van der Waals surface area contributed by atoms with E-state index in [1.54, 1.807) is 7.11 Å². The number of methoxy groups -OCH3 is 1. The van der Waals surface area contributed by atoms with Gasteiger partial charge >= 0.3 is 0 Å². The van der Waals surface area contributed by atoms with Crippen molar-refractivity contribution in [3.8, 4) is 11.5 Å². The molecule has 1 aromatic carbocycles. The summed E-state index contributed by atoms with van der Waals surface area (Å²) < 4.78 is 16.1. The lowest BCUT2D eigenvalue weighted by molar-refractivity contribution is 0.0682. The number of hydrogen-bond acceptors (Lipinski definition) is 4. The summed E-state index contributed by atoms with van der Waals surface area (Å²) in [6.07, 6.45) is 5.04. The van der Waals surface area contributed by atoms with Crippen molar-refractivity contribution < 1.29 is 14.2 Å². The van der Waals surface area contributed by atoms with E-state index in [1.807, 2.05) is 12.1 Å². The summed E-state index contributed by atoms with van der Waals surface area (Å²) in [5, 5.41) is 3.56. The molecule has 98 valence electrons. The number of anilines is 1. The Morgan fingerprint density at radius 1 is 1.11 bits per heavy atom. The molecule has 4 heteroatoms. The Labute approximate surface area is 107 Å². The first-order valence-electron chi connectivity index (χ1n) is 6.54. The Morgan fingerprint density at radius 3 is 2.67 bits per heavy atom. The van der Waals surface area contributed by atoms with Gasteiger partial charge in [-0.3, -0.25) is 0 Å². The van der Waals surface area contributed by atoms with Gasteiger partial charge in [0.25, 0.3) is 0 Å². The molecule has 4 nitrogen and oxygen atoms in total. The number of ether oxygens (including phenoxy) is 3. The predicted octanol–water partition coefficient (Wildman–Crippen LogP) is 2.78. The summed E-state index contributed by atoms with van der Waals surface area (Å²) in [6, 6.07) is 6.57. The summed E-state index contributed by atoms with van der Waals surface area (Å²) in [5.41, 5.74) is 1.11. The van der Waals surface area contributed by atoms with Crippen molar-refractivity contribution in [1.29, 1.82) is 0 Å². The van der Waals surface area contributed by atoms with Gasteiger partial charge in [-0.1, -0.05) is 0 Å². The van der Waals surface area contributed by atoms with E-state index in [0.29, 0.717) is 18.9 Å². The van der Waals surface area contributed by atoms with E-state index in [4.69, 9.17) is 14.2 Å². The van der Waals surface area contributed by atoms with Crippen LogP contribution in [0.5, 0.6) is 11.5 Å². The Bertz CT molecular complexity index is 414. The third-order valence-electron chi connectivity index (χ3n) is 3.75. The van der Waals surface area contributed by atoms with E-state index in [1.165, 1.54) is 0 Å². The van der Waals surface area contributed by atoms with Crippen molar-refractivity contribution in [2.24, 2.45) is 0 Å². The van der Waals surface area contributed by atoms with Gasteiger partial charge in [0.2, 0.25) is 6.79 Å². The van der Waals surface area contributed by atoms with Crippen LogP contribution in [0.1, 0.15) is 25.7 Å². The Balaban J connectivity index is 1.60. The lowest BCUT2D eigenvalue weighted by Crippen LogP contribution is -2.29. The molecule has 0 radical (unpaired) electrons. The van der Waals surface area contributed by atoms with Crippen molar-refractivity contribution in [1.82, 2.24) is 0 Å². The molecule has 1 fully saturated rings. The fraction of sp³-hybridized carbons (Fsp3) is 0.571. The summed E-state index contributed by atoms with van der Waals surface area (Å²) in [5.74, 6) is 1.68. The van der Waals surface area contributed by atoms with Crippen LogP contribution in [0.2, 0.25) is 0 Å². The van der Waals surface area contributed by atoms with Gasteiger partial charge in [0.05, 0.1) is 6.10 Å². The molecular weight excluding hydrogens is 230 g/mol. The summed E-state index contributed by atoms with van der Waals surface area (Å²) in [6.45, 7) is 0.331. The minimum atomic E-state index is 0.331. The molecule has 3 rings (SSSR count). The van der Waals surface area contributed by atoms with Gasteiger partial charge in [0.1, 0.15) is 0 Å². The molecule has 0 bridgehead atoms. The fourth-order valence-corrected chi connectivity index (χ4v) is 2.66. The van der Waals surface area contributed by atoms with E-state index in [2.05, 4.69) is 11.4 Å². The molecule has 0 aromatic heterocycles. The maximum Gasteiger partial charge on any atom is 0.231 e. The van der Waals surface area contributed by atoms with Crippen LogP contribution >= 0.6 is 0 Å². The van der Waals surface area contributed by atoms with Gasteiger partial charge in [-0.05, 0) is 37.8 Å². The molecule has 2 aliphatic rings. The van der Waals surface area contributed by atoms with Crippen LogP contribution in [0, 0.1) is 0 Å². The summed E-state index contributed by atoms with van der Waals surface area (Å²) in [7, 11) is 1.80. The zero-order valence-corrected chi connectivity index (χ0v) is 10.6. The highest BCUT2D eigenvalue weighted by Gasteiger charge is 2.21. The largest absolute Gasteiger partial charge is 0.454 e. The first kappa shape index (κ1) is 11.7. The van der Waals surface area contributed by atoms with Gasteiger partial charge in [0.15, 0.2) is 11.5 Å². The Morgan fingerprint density at radius 2 is 1.89 bits per heavy atom. The second kappa shape index (κ2) is 5.06. The van der Waals surface area contributed by atoms with E-state index in [-0.39, 0.29) is 0 Å². The maximum atomic E-state index is 5.39. The van der Waals surface area contributed by atoms with E-state index in [9.17, 15) is 0 Å². The van der Waals surface area contributed by atoms with Crippen molar-refractivity contribution in [3.05, 3.63) is 18.2 Å². The number of rotatable bonds is 3. The number of nitrogens with one attached hydrogen (secondary N) is 1. The van der Waals surface area contributed by atoms with Crippen LogP contribution in [0.15, 0.2) is 18.2 Å². The van der Waals surface area contributed by atoms with Crippen molar-refractivity contribution >= 4 is 5.69 Å². The van der Waals surface area contributed by atoms with Gasteiger partial charge in [-0.2, -0.15) is 0 Å². The molecule has 0 unspecified atom stereocenters. The molecule has 1 N–H and O–H groups in total. The SMILES string of the molecule is COC1CCC(Nc2ccc3c(c2)OCO3)CC1. The topological polar surface area (TPSA) is 39.7 Å². The zero-order chi connectivity index (χ0) is 12.4. The highest BCUT2D eigenvalue weighted by atomic mass is 16.7. The van der Waals surface area contributed by atoms with Crippen molar-refractivity contribution in [3.63, 3.8) is 0 Å². The minimum absolute atomic E-state index is 0.331. The average Bonchev–Trinajstić information content (AvgIpc) is 2.87. The highest BCUT2D eigenvalue weighted by molar-refractivity contribution is 5.56. The van der Waals surface area contributed by atoms with E-state index in [0.717, 1.165) is 42.9 Å². The lowest BCUT2D eigenvalue weighted by Gasteiger charge is -2.28. The van der Waals surface area contributed by atoms with Gasteiger partial charge < -0.3 is 19.5 Å². The molecule has 1 aliphatic heterocycles. The Kier molecular flexibility index (Phi) is 3.28. The van der Waals surface area contributed by atoms with Crippen LogP contribution < -0.4 is 14.8 Å². The van der Waals surface area contributed by atoms with Gasteiger partial charge in [-0.15, -0.1) is 0 Å². The number of benzene rings is 1. The maximum absolute atomic E-state index is 5.39. The zero-order valence-electron chi connectivity index (χ0n) is 10.6. The molecule has 18 heavy (non-hydrogen) atoms. The molecule has 0 spiro atoms. The standard InChI is InChI=1S/C14H19NO3/c1-16-12-5-2-10(3-6-12)15-11-4-7-13-14(8-11)18-9-17-13/h4,7-8,10,12,15H,2-3,5-6,9H2,1H3.